The minimum absolute atomic E-state index is 0.0791. The number of hydrogen-bond donors (Lipinski definition) is 0. The van der Waals surface area contributed by atoms with Crippen molar-refractivity contribution >= 4 is 5.78 Å². The monoisotopic (exact) mass is 295 g/mol. The van der Waals surface area contributed by atoms with Crippen molar-refractivity contribution in [2.24, 2.45) is 5.92 Å². The van der Waals surface area contributed by atoms with Gasteiger partial charge in [0, 0.05) is 11.8 Å². The van der Waals surface area contributed by atoms with Crippen molar-refractivity contribution in [2.45, 2.75) is 36.9 Å². The topological polar surface area (TPSA) is 20.3 Å². The molecule has 1 saturated carbocycles. The molecular weight excluding hydrogens is 279 g/mol. The summed E-state index contributed by atoms with van der Waals surface area (Å²) >= 11 is 0. The van der Waals surface area contributed by atoms with E-state index >= 15 is 0 Å². The number of ketones is 1. The second-order valence-corrected chi connectivity index (χ2v) is 6.43. The Morgan fingerprint density at radius 3 is 2.24 bits per heavy atom. The van der Waals surface area contributed by atoms with Gasteiger partial charge in [-0.2, -0.15) is 13.2 Å². The van der Waals surface area contributed by atoms with Gasteiger partial charge in [0.1, 0.15) is 0 Å². The number of benzene rings is 1. The number of rotatable bonds is 1. The number of carbonyl (C=O) groups excluding carboxylic acids is 1. The molecule has 0 radical (unpaired) electrons. The SMILES string of the molecule is O=C1C2CCN(CC2)[C@]12C[C@@H]2c1ccc(C(F)(F)F)cc1. The highest BCUT2D eigenvalue weighted by atomic mass is 19.4. The molecule has 21 heavy (non-hydrogen) atoms. The molecule has 2 atom stereocenters. The average Bonchev–Trinajstić information content (AvgIpc) is 3.20. The summed E-state index contributed by atoms with van der Waals surface area (Å²) in [6.07, 6.45) is -1.64. The maximum Gasteiger partial charge on any atom is 0.416 e. The molecule has 0 N–H and O–H groups in total. The van der Waals surface area contributed by atoms with Crippen molar-refractivity contribution in [3.63, 3.8) is 0 Å². The first-order valence-electron chi connectivity index (χ1n) is 7.39. The van der Waals surface area contributed by atoms with E-state index in [1.54, 1.807) is 12.1 Å². The molecule has 0 aromatic heterocycles. The lowest BCUT2D eigenvalue weighted by Gasteiger charge is -2.45. The van der Waals surface area contributed by atoms with Crippen LogP contribution in [0.25, 0.3) is 0 Å². The maximum atomic E-state index is 12.6. The summed E-state index contributed by atoms with van der Waals surface area (Å²) in [6, 6.07) is 5.34. The first-order valence-corrected chi connectivity index (χ1v) is 7.39. The molecule has 1 spiro atoms. The molecule has 0 amide bonds. The summed E-state index contributed by atoms with van der Waals surface area (Å²) in [5.74, 6) is 0.578. The van der Waals surface area contributed by atoms with Gasteiger partial charge in [-0.15, -0.1) is 0 Å². The third-order valence-corrected chi connectivity index (χ3v) is 5.43. The molecule has 1 aliphatic carbocycles. The number of fused-ring (bicyclic) bond motifs is 2. The fraction of sp³-hybridized carbons (Fsp3) is 0.562. The van der Waals surface area contributed by atoms with Crippen LogP contribution >= 0.6 is 0 Å². The largest absolute Gasteiger partial charge is 0.416 e. The molecule has 5 rings (SSSR count). The summed E-state index contributed by atoms with van der Waals surface area (Å²) in [5, 5.41) is 0. The molecular formula is C16H16F3NO. The number of Topliss-reactive ketones (excluding diaryl/α,β-unsaturated/α-hetero) is 1. The first kappa shape index (κ1) is 13.3. The minimum Gasteiger partial charge on any atom is -0.297 e. The van der Waals surface area contributed by atoms with Crippen molar-refractivity contribution in [3.8, 4) is 0 Å². The summed E-state index contributed by atoms with van der Waals surface area (Å²) in [7, 11) is 0. The lowest BCUT2D eigenvalue weighted by Crippen LogP contribution is -2.58. The molecule has 2 nitrogen and oxygen atoms in total. The number of hydrogen-bond acceptors (Lipinski definition) is 2. The van der Waals surface area contributed by atoms with Gasteiger partial charge in [-0.1, -0.05) is 12.1 Å². The normalized spacial score (nSPS) is 38.0. The minimum atomic E-state index is -4.30. The van der Waals surface area contributed by atoms with Gasteiger partial charge in [0.15, 0.2) is 5.78 Å². The van der Waals surface area contributed by atoms with Crippen LogP contribution in [0.5, 0.6) is 0 Å². The predicted molar refractivity (Wildman–Crippen MR) is 70.8 cm³/mol. The van der Waals surface area contributed by atoms with Crippen LogP contribution in [0, 0.1) is 5.92 Å². The summed E-state index contributed by atoms with van der Waals surface area (Å²) < 4.78 is 37.8. The second-order valence-electron chi connectivity index (χ2n) is 6.43. The molecule has 112 valence electrons. The third kappa shape index (κ3) is 1.79. The number of piperidine rings is 3. The second kappa shape index (κ2) is 4.09. The van der Waals surface area contributed by atoms with Crippen molar-refractivity contribution in [2.75, 3.05) is 13.1 Å². The lowest BCUT2D eigenvalue weighted by molar-refractivity contribution is -0.140. The average molecular weight is 295 g/mol. The highest BCUT2D eigenvalue weighted by molar-refractivity contribution is 5.96. The zero-order valence-corrected chi connectivity index (χ0v) is 11.5. The maximum absolute atomic E-state index is 12.6. The molecule has 2 bridgehead atoms. The van der Waals surface area contributed by atoms with Gasteiger partial charge >= 0.3 is 6.18 Å². The highest BCUT2D eigenvalue weighted by Crippen LogP contribution is 2.61. The number of nitrogens with zero attached hydrogens (tertiary/aromatic N) is 1. The van der Waals surface area contributed by atoms with E-state index in [0.29, 0.717) is 5.78 Å². The Labute approximate surface area is 120 Å². The summed E-state index contributed by atoms with van der Waals surface area (Å²) in [6.45, 7) is 1.90. The summed E-state index contributed by atoms with van der Waals surface area (Å²) in [5.41, 5.74) is -0.150. The van der Waals surface area contributed by atoms with Crippen LogP contribution in [0.15, 0.2) is 24.3 Å². The number of halogens is 3. The van der Waals surface area contributed by atoms with E-state index < -0.39 is 11.7 Å². The highest BCUT2D eigenvalue weighted by Gasteiger charge is 2.67. The van der Waals surface area contributed by atoms with Crippen molar-refractivity contribution < 1.29 is 18.0 Å². The van der Waals surface area contributed by atoms with Gasteiger partial charge in [0.05, 0.1) is 11.1 Å². The first-order chi connectivity index (χ1) is 9.93. The zero-order chi connectivity index (χ0) is 14.8. The van der Waals surface area contributed by atoms with Gasteiger partial charge in [-0.05, 0) is 50.0 Å². The Hall–Kier alpha value is -1.36. The van der Waals surface area contributed by atoms with Crippen LogP contribution in [0.1, 0.15) is 36.3 Å². The van der Waals surface area contributed by atoms with Gasteiger partial charge in [-0.3, -0.25) is 9.69 Å². The van der Waals surface area contributed by atoms with Crippen LogP contribution in [-0.2, 0) is 11.0 Å². The van der Waals surface area contributed by atoms with E-state index in [2.05, 4.69) is 4.90 Å². The Morgan fingerprint density at radius 1 is 1.10 bits per heavy atom. The van der Waals surface area contributed by atoms with Crippen molar-refractivity contribution in [1.82, 2.24) is 4.90 Å². The van der Waals surface area contributed by atoms with E-state index in [-0.39, 0.29) is 17.4 Å². The van der Waals surface area contributed by atoms with Crippen molar-refractivity contribution in [3.05, 3.63) is 35.4 Å². The fourth-order valence-electron chi connectivity index (χ4n) is 4.22. The van der Waals surface area contributed by atoms with E-state index in [1.165, 1.54) is 0 Å². The Bertz CT molecular complexity index is 587. The quantitative estimate of drug-likeness (QED) is 0.793. The standard InChI is InChI=1S/C16H16F3NO/c17-16(18,19)12-3-1-10(2-4-12)13-9-15(13)14(21)11-5-7-20(15)8-6-11/h1-4,11,13H,5-9H2/t13-,15+/m1/s1. The van der Waals surface area contributed by atoms with Crippen LogP contribution in [0.2, 0.25) is 0 Å². The van der Waals surface area contributed by atoms with E-state index in [9.17, 15) is 18.0 Å². The zero-order valence-electron chi connectivity index (χ0n) is 11.5. The lowest BCUT2D eigenvalue weighted by atomic mass is 9.79. The predicted octanol–water partition coefficient (Wildman–Crippen LogP) is 3.23. The molecule has 3 aliphatic heterocycles. The Morgan fingerprint density at radius 2 is 1.71 bits per heavy atom. The Kier molecular flexibility index (Phi) is 2.60. The van der Waals surface area contributed by atoms with Gasteiger partial charge < -0.3 is 0 Å². The molecule has 3 saturated heterocycles. The fourth-order valence-corrected chi connectivity index (χ4v) is 4.22. The van der Waals surface area contributed by atoms with Gasteiger partial charge in [0.2, 0.25) is 0 Å². The molecule has 4 aliphatic rings. The van der Waals surface area contributed by atoms with E-state index in [0.717, 1.165) is 50.0 Å². The molecule has 5 heteroatoms. The molecule has 3 heterocycles. The van der Waals surface area contributed by atoms with E-state index in [4.69, 9.17) is 0 Å². The molecule has 0 unspecified atom stereocenters. The smallest absolute Gasteiger partial charge is 0.297 e. The molecule has 1 aromatic carbocycles. The van der Waals surface area contributed by atoms with Gasteiger partial charge in [0.25, 0.3) is 0 Å². The van der Waals surface area contributed by atoms with Crippen LogP contribution in [0.4, 0.5) is 13.2 Å². The third-order valence-electron chi connectivity index (χ3n) is 5.43. The van der Waals surface area contributed by atoms with Crippen LogP contribution < -0.4 is 0 Å². The summed E-state index contributed by atoms with van der Waals surface area (Å²) in [4.78, 5) is 14.8. The van der Waals surface area contributed by atoms with Gasteiger partial charge in [-0.25, -0.2) is 0 Å². The number of alkyl halides is 3. The van der Waals surface area contributed by atoms with Crippen molar-refractivity contribution in [1.29, 1.82) is 0 Å². The molecule has 1 aromatic rings. The Balaban J connectivity index is 1.61. The van der Waals surface area contributed by atoms with Crippen LogP contribution in [0.3, 0.4) is 0 Å². The van der Waals surface area contributed by atoms with Crippen LogP contribution in [-0.4, -0.2) is 29.3 Å². The molecule has 4 fully saturated rings. The van der Waals surface area contributed by atoms with E-state index in [1.807, 2.05) is 0 Å². The number of carbonyl (C=O) groups is 1.